The van der Waals surface area contributed by atoms with Crippen LogP contribution in [0.1, 0.15) is 28.2 Å². The minimum Gasteiger partial charge on any atom is -0.495 e. The van der Waals surface area contributed by atoms with Gasteiger partial charge in [0.25, 0.3) is 0 Å². The van der Waals surface area contributed by atoms with Gasteiger partial charge in [-0.1, -0.05) is 41.4 Å². The molecule has 2 rings (SSSR count). The molecule has 0 bridgehead atoms. The average Bonchev–Trinajstić information content (AvgIpc) is 2.48. The lowest BCUT2D eigenvalue weighted by Crippen LogP contribution is -2.15. The Kier molecular flexibility index (Phi) is 5.27. The van der Waals surface area contributed by atoms with Gasteiger partial charge >= 0.3 is 0 Å². The zero-order valence-corrected chi connectivity index (χ0v) is 13.6. The summed E-state index contributed by atoms with van der Waals surface area (Å²) in [7, 11) is 1.62. The zero-order chi connectivity index (χ0) is 15.4. The Morgan fingerprint density at radius 1 is 1.14 bits per heavy atom. The Morgan fingerprint density at radius 3 is 2.52 bits per heavy atom. The van der Waals surface area contributed by atoms with Gasteiger partial charge in [-0.3, -0.25) is 0 Å². The summed E-state index contributed by atoms with van der Waals surface area (Å²) < 4.78 is 5.20. The molecule has 3 heteroatoms. The van der Waals surface area contributed by atoms with E-state index < -0.39 is 0 Å². The van der Waals surface area contributed by atoms with Crippen molar-refractivity contribution in [3.05, 3.63) is 63.7 Å². The van der Waals surface area contributed by atoms with Crippen molar-refractivity contribution < 1.29 is 4.74 Å². The van der Waals surface area contributed by atoms with E-state index in [2.05, 4.69) is 32.0 Å². The summed E-state index contributed by atoms with van der Waals surface area (Å²) in [6.45, 7) is 4.85. The van der Waals surface area contributed by atoms with Crippen LogP contribution in [-0.4, -0.2) is 13.7 Å². The molecule has 0 aliphatic heterocycles. The topological polar surface area (TPSA) is 35.2 Å². The molecule has 0 amide bonds. The second-order valence-corrected chi connectivity index (χ2v) is 5.87. The molecule has 0 saturated carbocycles. The van der Waals surface area contributed by atoms with Gasteiger partial charge in [0.15, 0.2) is 0 Å². The predicted molar refractivity (Wildman–Crippen MR) is 89.4 cm³/mol. The number of hydrogen-bond acceptors (Lipinski definition) is 2. The molecule has 1 unspecified atom stereocenters. The molecule has 0 saturated heterocycles. The van der Waals surface area contributed by atoms with Gasteiger partial charge in [0, 0.05) is 5.92 Å². The predicted octanol–water partition coefficient (Wildman–Crippen LogP) is 4.25. The number of halogens is 1. The monoisotopic (exact) mass is 303 g/mol. The van der Waals surface area contributed by atoms with Crippen molar-refractivity contribution in [2.24, 2.45) is 5.73 Å². The van der Waals surface area contributed by atoms with Gasteiger partial charge < -0.3 is 10.5 Å². The van der Waals surface area contributed by atoms with Crippen LogP contribution in [-0.2, 0) is 6.42 Å². The summed E-state index contributed by atoms with van der Waals surface area (Å²) in [6.07, 6.45) is 0.923. The number of rotatable bonds is 5. The second kappa shape index (κ2) is 6.97. The van der Waals surface area contributed by atoms with Crippen molar-refractivity contribution in [2.75, 3.05) is 13.7 Å². The summed E-state index contributed by atoms with van der Waals surface area (Å²) >= 11 is 6.22. The number of hydrogen-bond donors (Lipinski definition) is 1. The quantitative estimate of drug-likeness (QED) is 0.896. The van der Waals surface area contributed by atoms with Crippen LogP contribution in [0, 0.1) is 13.8 Å². The first-order chi connectivity index (χ1) is 10.0. The van der Waals surface area contributed by atoms with Crippen LogP contribution in [0.4, 0.5) is 0 Å². The molecule has 0 aliphatic carbocycles. The fourth-order valence-corrected chi connectivity index (χ4v) is 2.83. The number of methoxy groups -OCH3 is 1. The van der Waals surface area contributed by atoms with E-state index in [-0.39, 0.29) is 5.92 Å². The summed E-state index contributed by atoms with van der Waals surface area (Å²) in [6, 6.07) is 12.5. The lowest BCUT2D eigenvalue weighted by Gasteiger charge is -2.18. The highest BCUT2D eigenvalue weighted by molar-refractivity contribution is 6.32. The van der Waals surface area contributed by atoms with Gasteiger partial charge in [0.1, 0.15) is 5.75 Å². The lowest BCUT2D eigenvalue weighted by molar-refractivity contribution is 0.414. The maximum absolute atomic E-state index is 6.22. The van der Waals surface area contributed by atoms with Crippen LogP contribution in [0.3, 0.4) is 0 Å². The normalized spacial score (nSPS) is 12.2. The third kappa shape index (κ3) is 3.78. The van der Waals surface area contributed by atoms with E-state index >= 15 is 0 Å². The number of ether oxygens (including phenoxy) is 1. The number of benzene rings is 2. The van der Waals surface area contributed by atoms with Crippen molar-refractivity contribution in [3.63, 3.8) is 0 Å². The maximum atomic E-state index is 6.22. The average molecular weight is 304 g/mol. The van der Waals surface area contributed by atoms with Crippen LogP contribution >= 0.6 is 11.6 Å². The molecule has 0 aliphatic rings. The van der Waals surface area contributed by atoms with Gasteiger partial charge in [0.05, 0.1) is 12.1 Å². The lowest BCUT2D eigenvalue weighted by atomic mass is 9.89. The molecule has 0 heterocycles. The fourth-order valence-electron chi connectivity index (χ4n) is 2.56. The highest BCUT2D eigenvalue weighted by atomic mass is 35.5. The molecule has 1 atom stereocenters. The maximum Gasteiger partial charge on any atom is 0.137 e. The highest BCUT2D eigenvalue weighted by Crippen LogP contribution is 2.30. The Hall–Kier alpha value is -1.51. The van der Waals surface area contributed by atoms with Crippen LogP contribution in [0.2, 0.25) is 5.02 Å². The Balaban J connectivity index is 2.27. The first-order valence-corrected chi connectivity index (χ1v) is 7.52. The summed E-state index contributed by atoms with van der Waals surface area (Å²) in [4.78, 5) is 0. The first-order valence-electron chi connectivity index (χ1n) is 7.14. The van der Waals surface area contributed by atoms with E-state index in [1.54, 1.807) is 7.11 Å². The molecule has 21 heavy (non-hydrogen) atoms. The summed E-state index contributed by atoms with van der Waals surface area (Å²) in [5.41, 5.74) is 11.1. The van der Waals surface area contributed by atoms with Crippen molar-refractivity contribution in [1.29, 1.82) is 0 Å². The van der Waals surface area contributed by atoms with Crippen molar-refractivity contribution >= 4 is 11.6 Å². The van der Waals surface area contributed by atoms with Gasteiger partial charge in [-0.25, -0.2) is 0 Å². The first kappa shape index (κ1) is 15.9. The second-order valence-electron chi connectivity index (χ2n) is 5.46. The van der Waals surface area contributed by atoms with Crippen LogP contribution < -0.4 is 10.5 Å². The number of nitrogens with two attached hydrogens (primary N) is 1. The molecule has 0 fully saturated rings. The summed E-state index contributed by atoms with van der Waals surface area (Å²) in [5, 5.41) is 0.634. The third-order valence-corrected chi connectivity index (χ3v) is 4.20. The van der Waals surface area contributed by atoms with Crippen LogP contribution in [0.15, 0.2) is 36.4 Å². The van der Waals surface area contributed by atoms with E-state index in [4.69, 9.17) is 22.1 Å². The van der Waals surface area contributed by atoms with Crippen molar-refractivity contribution in [1.82, 2.24) is 0 Å². The van der Waals surface area contributed by atoms with E-state index in [1.165, 1.54) is 16.7 Å². The molecule has 0 aromatic heterocycles. The zero-order valence-electron chi connectivity index (χ0n) is 12.8. The van der Waals surface area contributed by atoms with Crippen LogP contribution in [0.5, 0.6) is 5.75 Å². The smallest absolute Gasteiger partial charge is 0.137 e. The Morgan fingerprint density at radius 2 is 1.90 bits per heavy atom. The highest BCUT2D eigenvalue weighted by Gasteiger charge is 2.14. The Bertz CT molecular complexity index is 625. The van der Waals surface area contributed by atoms with E-state index in [0.29, 0.717) is 17.3 Å². The van der Waals surface area contributed by atoms with Crippen molar-refractivity contribution in [2.45, 2.75) is 26.2 Å². The minimum atomic E-state index is 0.258. The van der Waals surface area contributed by atoms with Gasteiger partial charge in [-0.2, -0.15) is 0 Å². The van der Waals surface area contributed by atoms with Gasteiger partial charge in [0.2, 0.25) is 0 Å². The van der Waals surface area contributed by atoms with Crippen molar-refractivity contribution in [3.8, 4) is 5.75 Å². The molecule has 2 aromatic carbocycles. The van der Waals surface area contributed by atoms with Gasteiger partial charge in [-0.05, 0) is 55.6 Å². The minimum absolute atomic E-state index is 0.258. The molecule has 112 valence electrons. The molecule has 2 aromatic rings. The van der Waals surface area contributed by atoms with Crippen LogP contribution in [0.25, 0.3) is 0 Å². The number of aryl methyl sites for hydroxylation is 2. The van der Waals surface area contributed by atoms with E-state index in [1.807, 2.05) is 18.2 Å². The van der Waals surface area contributed by atoms with E-state index in [9.17, 15) is 0 Å². The molecule has 2 N–H and O–H groups in total. The largest absolute Gasteiger partial charge is 0.495 e. The fraction of sp³-hybridized carbons (Fsp3) is 0.333. The molecule has 0 spiro atoms. The molecule has 0 radical (unpaired) electrons. The molecular formula is C18H22ClNO. The third-order valence-electron chi connectivity index (χ3n) is 3.90. The Labute approximate surface area is 131 Å². The van der Waals surface area contributed by atoms with Gasteiger partial charge in [-0.15, -0.1) is 0 Å². The molecular weight excluding hydrogens is 282 g/mol. The standard InChI is InChI=1S/C18H22ClNO/c1-12-4-5-13(2)15(8-12)9-16(11-20)14-6-7-18(21-3)17(19)10-14/h4-8,10,16H,9,11,20H2,1-3H3. The van der Waals surface area contributed by atoms with E-state index in [0.717, 1.165) is 12.0 Å². The molecule has 2 nitrogen and oxygen atoms in total. The SMILES string of the molecule is COc1ccc(C(CN)Cc2cc(C)ccc2C)cc1Cl. The summed E-state index contributed by atoms with van der Waals surface area (Å²) in [5.74, 6) is 0.955.